The van der Waals surface area contributed by atoms with Crippen LogP contribution in [0.2, 0.25) is 0 Å². The standard InChI is InChI=1S/C16H16O2.C8H16O2S.C4H8O2S.C4H8.CH4/c1-16(18-2,14-11-7-4-8-12-14)15(17)13-9-5-3-6-10-13;1-3-4-6-11-7-5-8(9)10-2;1-6-4(5)2-3-7;1-3-4-2;/h3-12H,1-2H3;3-7H2,1-2H3;7H,2-3H2,1H3;3H,1,4H2,2H3;1H4. The van der Waals surface area contributed by atoms with Gasteiger partial charge in [-0.1, -0.05) is 94.4 Å². The average molecular weight is 609 g/mol. The van der Waals surface area contributed by atoms with E-state index < -0.39 is 5.60 Å². The maximum Gasteiger partial charge on any atom is 0.306 e. The number of unbranched alkanes of at least 4 members (excludes halogenated alkanes) is 1. The number of benzene rings is 2. The van der Waals surface area contributed by atoms with Gasteiger partial charge in [0.05, 0.1) is 27.1 Å². The lowest BCUT2D eigenvalue weighted by Gasteiger charge is -2.27. The molecule has 0 amide bonds. The zero-order valence-corrected chi connectivity index (χ0v) is 26.7. The molecule has 2 rings (SSSR count). The van der Waals surface area contributed by atoms with Crippen LogP contribution in [0.1, 0.15) is 76.2 Å². The molecule has 8 heteroatoms. The molecule has 0 heterocycles. The molecule has 0 radical (unpaired) electrons. The second-order valence-corrected chi connectivity index (χ2v) is 10.0. The van der Waals surface area contributed by atoms with Gasteiger partial charge in [-0.25, -0.2) is 0 Å². The van der Waals surface area contributed by atoms with Crippen LogP contribution in [-0.4, -0.2) is 56.3 Å². The van der Waals surface area contributed by atoms with Crippen molar-refractivity contribution in [3.05, 3.63) is 84.4 Å². The molecule has 0 saturated carbocycles. The third kappa shape index (κ3) is 20.9. The Kier molecular flexibility index (Phi) is 30.3. The first-order chi connectivity index (χ1) is 19.2. The van der Waals surface area contributed by atoms with Gasteiger partial charge in [-0.2, -0.15) is 24.4 Å². The van der Waals surface area contributed by atoms with Crippen LogP contribution in [0.3, 0.4) is 0 Å². The number of Topliss-reactive ketones (excluding diaryl/α,β-unsaturated/α-hetero) is 1. The highest BCUT2D eigenvalue weighted by atomic mass is 32.2. The summed E-state index contributed by atoms with van der Waals surface area (Å²) in [4.78, 5) is 33.3. The Bertz CT molecular complexity index is 922. The first-order valence-electron chi connectivity index (χ1n) is 13.4. The van der Waals surface area contributed by atoms with Crippen LogP contribution in [0.15, 0.2) is 73.3 Å². The summed E-state index contributed by atoms with van der Waals surface area (Å²) in [5.74, 6) is 2.29. The Morgan fingerprint density at radius 2 is 1.37 bits per heavy atom. The number of rotatable bonds is 13. The molecule has 232 valence electrons. The maximum absolute atomic E-state index is 12.6. The van der Waals surface area contributed by atoms with E-state index in [-0.39, 0.29) is 25.1 Å². The lowest BCUT2D eigenvalue weighted by Crippen LogP contribution is -2.34. The number of carbonyl (C=O) groups is 3. The van der Waals surface area contributed by atoms with Gasteiger partial charge >= 0.3 is 11.9 Å². The molecule has 2 aromatic rings. The second-order valence-electron chi connectivity index (χ2n) is 8.34. The fraction of sp³-hybridized carbons (Fsp3) is 0.485. The lowest BCUT2D eigenvalue weighted by atomic mass is 9.87. The van der Waals surface area contributed by atoms with Crippen LogP contribution in [0, 0.1) is 0 Å². The molecule has 0 aliphatic heterocycles. The number of thioether (sulfide) groups is 1. The summed E-state index contributed by atoms with van der Waals surface area (Å²) >= 11 is 5.63. The third-order valence-corrected chi connectivity index (χ3v) is 6.65. The third-order valence-electron chi connectivity index (χ3n) is 5.35. The van der Waals surface area contributed by atoms with Crippen molar-refractivity contribution in [1.29, 1.82) is 0 Å². The van der Waals surface area contributed by atoms with E-state index in [1.165, 1.54) is 27.1 Å². The number of carbonyl (C=O) groups excluding carboxylic acids is 3. The fourth-order valence-corrected chi connectivity index (χ4v) is 3.95. The molecule has 0 spiro atoms. The highest BCUT2D eigenvalue weighted by Crippen LogP contribution is 2.28. The smallest absolute Gasteiger partial charge is 0.306 e. The molecule has 0 fully saturated rings. The second kappa shape index (κ2) is 29.0. The number of allylic oxidation sites excluding steroid dienone is 1. The summed E-state index contributed by atoms with van der Waals surface area (Å²) in [6.45, 7) is 9.51. The molecule has 1 atom stereocenters. The summed E-state index contributed by atoms with van der Waals surface area (Å²) in [5.41, 5.74) is 0.579. The SMILES string of the molecule is C.C=CCC.CCCCSCCC(=O)OC.COC(=O)CCS.COC(C)(C(=O)c1ccccc1)c1ccccc1. The number of hydrogen-bond acceptors (Lipinski definition) is 8. The summed E-state index contributed by atoms with van der Waals surface area (Å²) in [5, 5.41) is 0. The molecule has 41 heavy (non-hydrogen) atoms. The van der Waals surface area contributed by atoms with Crippen molar-refractivity contribution in [1.82, 2.24) is 0 Å². The highest BCUT2D eigenvalue weighted by molar-refractivity contribution is 7.99. The van der Waals surface area contributed by atoms with Crippen LogP contribution >= 0.6 is 24.4 Å². The normalized spacial score (nSPS) is 10.7. The molecule has 0 N–H and O–H groups in total. The van der Waals surface area contributed by atoms with Gasteiger partial charge in [0.15, 0.2) is 11.4 Å². The largest absolute Gasteiger partial charge is 0.469 e. The summed E-state index contributed by atoms with van der Waals surface area (Å²) < 4.78 is 14.3. The van der Waals surface area contributed by atoms with Gasteiger partial charge in [0.2, 0.25) is 0 Å². The molecular weight excluding hydrogens is 556 g/mol. The summed E-state index contributed by atoms with van der Waals surface area (Å²) in [6.07, 6.45) is 6.38. The van der Waals surface area contributed by atoms with E-state index in [0.717, 1.165) is 23.5 Å². The molecule has 1 unspecified atom stereocenters. The van der Waals surface area contributed by atoms with Gasteiger partial charge < -0.3 is 14.2 Å². The Labute approximate surface area is 259 Å². The lowest BCUT2D eigenvalue weighted by molar-refractivity contribution is -0.140. The van der Waals surface area contributed by atoms with Gasteiger partial charge in [-0.3, -0.25) is 14.4 Å². The number of thiol groups is 1. The van der Waals surface area contributed by atoms with E-state index in [4.69, 9.17) is 4.74 Å². The van der Waals surface area contributed by atoms with Crippen LogP contribution in [-0.2, 0) is 29.4 Å². The number of ether oxygens (including phenoxy) is 3. The van der Waals surface area contributed by atoms with Crippen molar-refractivity contribution in [3.8, 4) is 0 Å². The Balaban J connectivity index is -0.000000538. The van der Waals surface area contributed by atoms with Crippen LogP contribution in [0.4, 0.5) is 0 Å². The number of ketones is 1. The summed E-state index contributed by atoms with van der Waals surface area (Å²) in [6, 6.07) is 18.8. The number of esters is 2. The topological polar surface area (TPSA) is 78.9 Å². The van der Waals surface area contributed by atoms with Crippen molar-refractivity contribution >= 4 is 42.1 Å². The zero-order valence-electron chi connectivity index (χ0n) is 25.0. The van der Waals surface area contributed by atoms with Crippen molar-refractivity contribution < 1.29 is 28.6 Å². The maximum atomic E-state index is 12.6. The number of hydrogen-bond donors (Lipinski definition) is 1. The van der Waals surface area contributed by atoms with Crippen molar-refractivity contribution in [2.75, 3.05) is 38.6 Å². The molecule has 0 aromatic heterocycles. The highest BCUT2D eigenvalue weighted by Gasteiger charge is 2.35. The Hall–Kier alpha value is -2.55. The molecule has 0 bridgehead atoms. The minimum absolute atomic E-state index is 0. The minimum Gasteiger partial charge on any atom is -0.469 e. The molecule has 0 aliphatic carbocycles. The quantitative estimate of drug-likeness (QED) is 0.0807. The number of methoxy groups -OCH3 is 3. The molecule has 6 nitrogen and oxygen atoms in total. The van der Waals surface area contributed by atoms with E-state index in [2.05, 4.69) is 42.5 Å². The first kappa shape index (κ1) is 42.9. The van der Waals surface area contributed by atoms with Crippen molar-refractivity contribution in [2.45, 2.75) is 65.9 Å². The van der Waals surface area contributed by atoms with Gasteiger partial charge in [0.25, 0.3) is 0 Å². The van der Waals surface area contributed by atoms with Crippen LogP contribution in [0.25, 0.3) is 0 Å². The van der Waals surface area contributed by atoms with Gasteiger partial charge in [-0.05, 0) is 31.1 Å². The Morgan fingerprint density at radius 1 is 0.878 bits per heavy atom. The predicted molar refractivity (Wildman–Crippen MR) is 178 cm³/mol. The molecule has 2 aromatic carbocycles. The fourth-order valence-electron chi connectivity index (χ4n) is 2.76. The van der Waals surface area contributed by atoms with Crippen molar-refractivity contribution in [3.63, 3.8) is 0 Å². The monoisotopic (exact) mass is 608 g/mol. The van der Waals surface area contributed by atoms with E-state index >= 15 is 0 Å². The van der Waals surface area contributed by atoms with E-state index in [9.17, 15) is 14.4 Å². The minimum atomic E-state index is -0.942. The van der Waals surface area contributed by atoms with Crippen molar-refractivity contribution in [2.24, 2.45) is 0 Å². The zero-order chi connectivity index (χ0) is 30.7. The predicted octanol–water partition coefficient (Wildman–Crippen LogP) is 8.21. The molecular formula is C33H52O6S2. The van der Waals surface area contributed by atoms with Crippen LogP contribution in [0.5, 0.6) is 0 Å². The first-order valence-corrected chi connectivity index (χ1v) is 15.1. The molecule has 0 saturated heterocycles. The average Bonchev–Trinajstić information content (AvgIpc) is 3.01. The van der Waals surface area contributed by atoms with Gasteiger partial charge in [0, 0.05) is 24.2 Å². The summed E-state index contributed by atoms with van der Waals surface area (Å²) in [7, 11) is 4.36. The Morgan fingerprint density at radius 3 is 1.76 bits per heavy atom. The van der Waals surface area contributed by atoms with E-state index in [0.29, 0.717) is 24.2 Å². The van der Waals surface area contributed by atoms with E-state index in [1.807, 2.05) is 78.5 Å². The van der Waals surface area contributed by atoms with E-state index in [1.54, 1.807) is 14.0 Å². The van der Waals surface area contributed by atoms with Gasteiger partial charge in [0.1, 0.15) is 0 Å². The van der Waals surface area contributed by atoms with Gasteiger partial charge in [-0.15, -0.1) is 6.58 Å². The van der Waals surface area contributed by atoms with Crippen LogP contribution < -0.4 is 0 Å². The molecule has 0 aliphatic rings.